The van der Waals surface area contributed by atoms with E-state index in [2.05, 4.69) is 10.3 Å². The second kappa shape index (κ2) is 7.04. The van der Waals surface area contributed by atoms with Crippen LogP contribution in [0.1, 0.15) is 22.8 Å². The zero-order valence-corrected chi connectivity index (χ0v) is 12.2. The number of carbonyl (C=O) groups excluding carboxylic acids is 1. The van der Waals surface area contributed by atoms with E-state index in [1.807, 2.05) is 6.92 Å². The Morgan fingerprint density at radius 1 is 1.38 bits per heavy atom. The van der Waals surface area contributed by atoms with Crippen LogP contribution in [-0.4, -0.2) is 17.5 Å². The first kappa shape index (κ1) is 15.3. The highest BCUT2D eigenvalue weighted by Crippen LogP contribution is 2.25. The van der Waals surface area contributed by atoms with E-state index < -0.39 is 11.7 Å². The predicted octanol–water partition coefficient (Wildman–Crippen LogP) is 3.61. The van der Waals surface area contributed by atoms with Crippen LogP contribution in [0.2, 0.25) is 0 Å². The first-order chi connectivity index (χ1) is 10.1. The Morgan fingerprint density at radius 3 is 2.86 bits per heavy atom. The normalized spacial score (nSPS) is 10.2. The molecule has 0 bridgehead atoms. The van der Waals surface area contributed by atoms with E-state index in [1.165, 1.54) is 6.20 Å². The summed E-state index contributed by atoms with van der Waals surface area (Å²) in [7, 11) is 0. The van der Waals surface area contributed by atoms with Crippen molar-refractivity contribution >= 4 is 23.2 Å². The number of amides is 1. The number of hydrogen-bond acceptors (Lipinski definition) is 3. The van der Waals surface area contributed by atoms with Crippen LogP contribution >= 0.6 is 11.6 Å². The first-order valence-electron chi connectivity index (χ1n) is 6.37. The standard InChI is InChI=1S/C15H14ClFN2O2/c1-2-21-14-4-3-13(6-10(14)7-16)19-15(20)11-5-12(17)9-18-8-11/h3-6,8-9H,2,7H2,1H3,(H,19,20). The Labute approximate surface area is 126 Å². The van der Waals surface area contributed by atoms with Gasteiger partial charge in [0.1, 0.15) is 11.6 Å². The average molecular weight is 309 g/mol. The molecule has 0 fully saturated rings. The minimum Gasteiger partial charge on any atom is -0.494 e. The number of benzene rings is 1. The lowest BCUT2D eigenvalue weighted by atomic mass is 10.2. The maximum atomic E-state index is 13.0. The van der Waals surface area contributed by atoms with Crippen molar-refractivity contribution in [3.05, 3.63) is 53.6 Å². The Balaban J connectivity index is 2.17. The molecule has 0 aliphatic rings. The zero-order chi connectivity index (χ0) is 15.2. The maximum Gasteiger partial charge on any atom is 0.257 e. The predicted molar refractivity (Wildman–Crippen MR) is 79.3 cm³/mol. The number of halogens is 2. The Bertz CT molecular complexity index is 649. The Hall–Kier alpha value is -2.14. The van der Waals surface area contributed by atoms with Crippen LogP contribution in [-0.2, 0) is 5.88 Å². The molecule has 0 aliphatic carbocycles. The van der Waals surface area contributed by atoms with Crippen molar-refractivity contribution < 1.29 is 13.9 Å². The van der Waals surface area contributed by atoms with Gasteiger partial charge in [-0.25, -0.2) is 4.39 Å². The molecule has 0 atom stereocenters. The molecular weight excluding hydrogens is 295 g/mol. The van der Waals surface area contributed by atoms with Crippen molar-refractivity contribution in [1.29, 1.82) is 0 Å². The maximum absolute atomic E-state index is 13.0. The van der Waals surface area contributed by atoms with E-state index >= 15 is 0 Å². The van der Waals surface area contributed by atoms with Gasteiger partial charge in [-0.2, -0.15) is 0 Å². The van der Waals surface area contributed by atoms with Crippen LogP contribution in [0.5, 0.6) is 5.75 Å². The summed E-state index contributed by atoms with van der Waals surface area (Å²) >= 11 is 5.86. The van der Waals surface area contributed by atoms with Crippen molar-refractivity contribution in [2.75, 3.05) is 11.9 Å². The van der Waals surface area contributed by atoms with Crippen molar-refractivity contribution in [2.45, 2.75) is 12.8 Å². The fourth-order valence-corrected chi connectivity index (χ4v) is 2.01. The molecule has 0 saturated heterocycles. The van der Waals surface area contributed by atoms with Gasteiger partial charge in [-0.1, -0.05) is 0 Å². The molecule has 110 valence electrons. The topological polar surface area (TPSA) is 51.2 Å². The number of hydrogen-bond donors (Lipinski definition) is 1. The summed E-state index contributed by atoms with van der Waals surface area (Å²) < 4.78 is 18.5. The van der Waals surface area contributed by atoms with Crippen molar-refractivity contribution in [2.24, 2.45) is 0 Å². The Morgan fingerprint density at radius 2 is 2.19 bits per heavy atom. The number of aromatic nitrogens is 1. The molecule has 1 aromatic carbocycles. The third-order valence-electron chi connectivity index (χ3n) is 2.73. The van der Waals surface area contributed by atoms with Crippen LogP contribution in [0.25, 0.3) is 0 Å². The van der Waals surface area contributed by atoms with Gasteiger partial charge in [0.15, 0.2) is 0 Å². The van der Waals surface area contributed by atoms with Crippen molar-refractivity contribution in [3.63, 3.8) is 0 Å². The highest BCUT2D eigenvalue weighted by atomic mass is 35.5. The molecule has 21 heavy (non-hydrogen) atoms. The van der Waals surface area contributed by atoms with Gasteiger partial charge in [-0.15, -0.1) is 11.6 Å². The molecule has 0 aliphatic heterocycles. The van der Waals surface area contributed by atoms with Gasteiger partial charge < -0.3 is 10.1 Å². The molecule has 0 unspecified atom stereocenters. The molecule has 0 radical (unpaired) electrons. The monoisotopic (exact) mass is 308 g/mol. The summed E-state index contributed by atoms with van der Waals surface area (Å²) in [5, 5.41) is 2.67. The quantitative estimate of drug-likeness (QED) is 0.858. The molecule has 1 N–H and O–H groups in total. The SMILES string of the molecule is CCOc1ccc(NC(=O)c2cncc(F)c2)cc1CCl. The summed E-state index contributed by atoms with van der Waals surface area (Å²) in [6.45, 7) is 2.41. The third kappa shape index (κ3) is 3.92. The van der Waals surface area contributed by atoms with Crippen molar-refractivity contribution in [3.8, 4) is 5.75 Å². The first-order valence-corrected chi connectivity index (χ1v) is 6.91. The summed E-state index contributed by atoms with van der Waals surface area (Å²) in [5.74, 6) is -0.0546. The van der Waals surface area contributed by atoms with Gasteiger partial charge in [0.2, 0.25) is 0 Å². The van der Waals surface area contributed by atoms with Crippen LogP contribution < -0.4 is 10.1 Å². The number of nitrogens with one attached hydrogen (secondary N) is 1. The molecule has 2 aromatic rings. The summed E-state index contributed by atoms with van der Waals surface area (Å²) in [6.07, 6.45) is 2.34. The molecule has 2 rings (SSSR count). The second-order valence-electron chi connectivity index (χ2n) is 4.24. The van der Waals surface area contributed by atoms with Gasteiger partial charge in [-0.05, 0) is 31.2 Å². The lowest BCUT2D eigenvalue weighted by Gasteiger charge is -2.11. The third-order valence-corrected chi connectivity index (χ3v) is 3.02. The van der Waals surface area contributed by atoms with E-state index in [-0.39, 0.29) is 11.4 Å². The Kier molecular flexibility index (Phi) is 5.11. The minimum atomic E-state index is -0.559. The van der Waals surface area contributed by atoms with E-state index in [0.717, 1.165) is 17.8 Å². The van der Waals surface area contributed by atoms with Crippen LogP contribution in [0, 0.1) is 5.82 Å². The minimum absolute atomic E-state index is 0.149. The molecule has 4 nitrogen and oxygen atoms in total. The van der Waals surface area contributed by atoms with Crippen LogP contribution in [0.4, 0.5) is 10.1 Å². The van der Waals surface area contributed by atoms with Crippen LogP contribution in [0.3, 0.4) is 0 Å². The molecular formula is C15H14ClFN2O2. The molecule has 1 aromatic heterocycles. The molecule has 0 saturated carbocycles. The summed E-state index contributed by atoms with van der Waals surface area (Å²) in [5.41, 5.74) is 1.48. The van der Waals surface area contributed by atoms with E-state index in [0.29, 0.717) is 18.0 Å². The van der Waals surface area contributed by atoms with Gasteiger partial charge in [0, 0.05) is 17.4 Å². The number of pyridine rings is 1. The second-order valence-corrected chi connectivity index (χ2v) is 4.50. The van der Waals surface area contributed by atoms with Crippen LogP contribution in [0.15, 0.2) is 36.7 Å². The number of carbonyl (C=O) groups is 1. The summed E-state index contributed by atoms with van der Waals surface area (Å²) in [4.78, 5) is 15.6. The van der Waals surface area contributed by atoms with E-state index in [4.69, 9.17) is 16.3 Å². The molecule has 0 spiro atoms. The number of ether oxygens (including phenoxy) is 1. The highest BCUT2D eigenvalue weighted by molar-refractivity contribution is 6.17. The average Bonchev–Trinajstić information content (AvgIpc) is 2.49. The number of nitrogens with zero attached hydrogens (tertiary/aromatic N) is 1. The zero-order valence-electron chi connectivity index (χ0n) is 11.4. The van der Waals surface area contributed by atoms with Gasteiger partial charge >= 0.3 is 0 Å². The molecule has 6 heteroatoms. The van der Waals surface area contributed by atoms with E-state index in [9.17, 15) is 9.18 Å². The smallest absolute Gasteiger partial charge is 0.257 e. The molecule has 1 amide bonds. The number of alkyl halides is 1. The highest BCUT2D eigenvalue weighted by Gasteiger charge is 2.10. The van der Waals surface area contributed by atoms with Crippen molar-refractivity contribution in [1.82, 2.24) is 4.98 Å². The van der Waals surface area contributed by atoms with E-state index in [1.54, 1.807) is 18.2 Å². The lowest BCUT2D eigenvalue weighted by Crippen LogP contribution is -2.12. The summed E-state index contributed by atoms with van der Waals surface area (Å²) in [6, 6.07) is 6.29. The fourth-order valence-electron chi connectivity index (χ4n) is 1.80. The number of rotatable bonds is 5. The van der Waals surface area contributed by atoms with Gasteiger partial charge in [0.25, 0.3) is 5.91 Å². The van der Waals surface area contributed by atoms with Gasteiger partial charge in [0.05, 0.1) is 24.2 Å². The fraction of sp³-hybridized carbons (Fsp3) is 0.200. The van der Waals surface area contributed by atoms with Gasteiger partial charge in [-0.3, -0.25) is 9.78 Å². The number of anilines is 1. The lowest BCUT2D eigenvalue weighted by molar-refractivity contribution is 0.102. The molecule has 1 heterocycles. The largest absolute Gasteiger partial charge is 0.494 e.